The number of oxazole rings is 1. The van der Waals surface area contributed by atoms with Crippen LogP contribution in [-0.4, -0.2) is 14.5 Å². The van der Waals surface area contributed by atoms with Gasteiger partial charge in [-0.05, 0) is 55.0 Å². The van der Waals surface area contributed by atoms with Gasteiger partial charge in [-0.2, -0.15) is 0 Å². The molecule has 0 bridgehead atoms. The van der Waals surface area contributed by atoms with E-state index in [-0.39, 0.29) is 0 Å². The quantitative estimate of drug-likeness (QED) is 0.292. The first-order valence-electron chi connectivity index (χ1n) is 10.4. The molecule has 0 saturated heterocycles. The Labute approximate surface area is 185 Å². The number of aryl methyl sites for hydroxylation is 3. The van der Waals surface area contributed by atoms with Gasteiger partial charge in [0.2, 0.25) is 5.89 Å². The fourth-order valence-electron chi connectivity index (χ4n) is 3.54. The van der Waals surface area contributed by atoms with Crippen LogP contribution in [0.1, 0.15) is 23.4 Å². The minimum atomic E-state index is 0.389. The van der Waals surface area contributed by atoms with E-state index in [4.69, 9.17) is 9.15 Å². The molecule has 0 aliphatic carbocycles. The van der Waals surface area contributed by atoms with Gasteiger partial charge in [-0.25, -0.2) is 9.97 Å². The van der Waals surface area contributed by atoms with Crippen molar-refractivity contribution in [2.24, 2.45) is 0 Å². The zero-order valence-electron chi connectivity index (χ0n) is 17.3. The molecule has 0 spiro atoms. The summed E-state index contributed by atoms with van der Waals surface area (Å²) in [5, 5.41) is 1.21. The number of hydrogen-bond acceptors (Lipinski definition) is 5. The molecule has 31 heavy (non-hydrogen) atoms. The first-order valence-corrected chi connectivity index (χ1v) is 11.2. The monoisotopic (exact) mass is 429 g/mol. The van der Waals surface area contributed by atoms with E-state index in [2.05, 4.69) is 44.9 Å². The average molecular weight is 430 g/mol. The number of rotatable bonds is 8. The largest absolute Gasteiger partial charge is 0.487 e. The van der Waals surface area contributed by atoms with E-state index in [1.807, 2.05) is 49.9 Å². The molecule has 3 aromatic heterocycles. The highest BCUT2D eigenvalue weighted by Crippen LogP contribution is 2.33. The molecule has 2 aromatic carbocycles. The molecule has 6 heteroatoms. The third-order valence-electron chi connectivity index (χ3n) is 5.27. The first-order chi connectivity index (χ1) is 15.2. The molecule has 0 amide bonds. The fraction of sp³-hybridized carbons (Fsp3) is 0.200. The Hall–Kier alpha value is -3.38. The van der Waals surface area contributed by atoms with Crippen LogP contribution >= 0.6 is 11.3 Å². The summed E-state index contributed by atoms with van der Waals surface area (Å²) in [6, 6.07) is 18.7. The average Bonchev–Trinajstić information content (AvgIpc) is 3.53. The third-order valence-corrected chi connectivity index (χ3v) is 6.37. The second-order valence-electron chi connectivity index (χ2n) is 7.51. The molecule has 5 rings (SSSR count). The fourth-order valence-corrected chi connectivity index (χ4v) is 4.53. The normalized spacial score (nSPS) is 11.3. The van der Waals surface area contributed by atoms with Crippen molar-refractivity contribution in [2.45, 2.75) is 32.9 Å². The number of hydrogen-bond donors (Lipinski definition) is 0. The van der Waals surface area contributed by atoms with Gasteiger partial charge in [0.25, 0.3) is 0 Å². The number of imidazole rings is 1. The maximum absolute atomic E-state index is 5.97. The summed E-state index contributed by atoms with van der Waals surface area (Å²) >= 11 is 1.69. The second-order valence-corrected chi connectivity index (χ2v) is 8.59. The Morgan fingerprint density at radius 3 is 2.77 bits per heavy atom. The number of benzene rings is 2. The van der Waals surface area contributed by atoms with Crippen molar-refractivity contribution in [1.29, 1.82) is 0 Å². The van der Waals surface area contributed by atoms with Gasteiger partial charge in [0.15, 0.2) is 0 Å². The molecule has 3 heterocycles. The molecule has 0 saturated carbocycles. The van der Waals surface area contributed by atoms with Crippen molar-refractivity contribution in [3.8, 4) is 16.5 Å². The molecule has 0 atom stereocenters. The van der Waals surface area contributed by atoms with Gasteiger partial charge in [0.1, 0.15) is 23.8 Å². The zero-order chi connectivity index (χ0) is 21.0. The molecule has 0 radical (unpaired) electrons. The molecular formula is C25H23N3O2S. The molecule has 0 unspecified atom stereocenters. The molecule has 0 aliphatic heterocycles. The van der Waals surface area contributed by atoms with Crippen molar-refractivity contribution in [1.82, 2.24) is 14.5 Å². The van der Waals surface area contributed by atoms with Crippen LogP contribution in [0, 0.1) is 6.92 Å². The van der Waals surface area contributed by atoms with E-state index >= 15 is 0 Å². The van der Waals surface area contributed by atoms with E-state index in [0.29, 0.717) is 12.5 Å². The van der Waals surface area contributed by atoms with Crippen LogP contribution in [0.25, 0.3) is 20.9 Å². The molecule has 5 nitrogen and oxygen atoms in total. The van der Waals surface area contributed by atoms with Gasteiger partial charge in [0, 0.05) is 23.6 Å². The summed E-state index contributed by atoms with van der Waals surface area (Å²) < 4.78 is 15.2. The summed E-state index contributed by atoms with van der Waals surface area (Å²) in [7, 11) is 0. The van der Waals surface area contributed by atoms with Crippen LogP contribution < -0.4 is 4.74 Å². The standard InChI is InChI=1S/C25H23N3O2S/c1-18-22(27-25(30-18)24-15-20-6-2-3-7-23(20)31-24)16-29-21-10-8-19(9-11-21)5-4-13-28-14-12-26-17-28/h2-3,6-12,14-15,17H,4-5,13,16H2,1H3. The number of aromatic nitrogens is 3. The van der Waals surface area contributed by atoms with Gasteiger partial charge in [-0.3, -0.25) is 0 Å². The SMILES string of the molecule is Cc1oc(-c2cc3ccccc3s2)nc1COc1ccc(CCCn2ccnc2)cc1. The van der Waals surface area contributed by atoms with E-state index in [1.165, 1.54) is 15.6 Å². The number of thiophene rings is 1. The molecule has 0 fully saturated rings. The highest BCUT2D eigenvalue weighted by Gasteiger charge is 2.14. The number of fused-ring (bicyclic) bond motifs is 1. The van der Waals surface area contributed by atoms with Crippen molar-refractivity contribution in [3.63, 3.8) is 0 Å². The zero-order valence-corrected chi connectivity index (χ0v) is 18.1. The van der Waals surface area contributed by atoms with Crippen molar-refractivity contribution < 1.29 is 9.15 Å². The number of ether oxygens (including phenoxy) is 1. The lowest BCUT2D eigenvalue weighted by Crippen LogP contribution is -1.98. The van der Waals surface area contributed by atoms with E-state index in [9.17, 15) is 0 Å². The van der Waals surface area contributed by atoms with Crippen LogP contribution in [0.2, 0.25) is 0 Å². The lowest BCUT2D eigenvalue weighted by atomic mass is 10.1. The van der Waals surface area contributed by atoms with E-state index in [1.54, 1.807) is 11.3 Å². The van der Waals surface area contributed by atoms with Gasteiger partial charge in [0.05, 0.1) is 11.2 Å². The highest BCUT2D eigenvalue weighted by molar-refractivity contribution is 7.22. The van der Waals surface area contributed by atoms with Crippen LogP contribution in [0.3, 0.4) is 0 Å². The highest BCUT2D eigenvalue weighted by atomic mass is 32.1. The Balaban J connectivity index is 1.19. The minimum absolute atomic E-state index is 0.389. The molecular weight excluding hydrogens is 406 g/mol. The van der Waals surface area contributed by atoms with Gasteiger partial charge >= 0.3 is 0 Å². The van der Waals surface area contributed by atoms with Crippen LogP contribution in [0.4, 0.5) is 0 Å². The smallest absolute Gasteiger partial charge is 0.236 e. The molecule has 0 aliphatic rings. The van der Waals surface area contributed by atoms with Crippen LogP contribution in [0.5, 0.6) is 5.75 Å². The Morgan fingerprint density at radius 1 is 1.10 bits per heavy atom. The molecule has 156 valence electrons. The lowest BCUT2D eigenvalue weighted by molar-refractivity contribution is 0.299. The maximum atomic E-state index is 5.97. The summed E-state index contributed by atoms with van der Waals surface area (Å²) in [4.78, 5) is 9.80. The van der Waals surface area contributed by atoms with Crippen molar-refractivity contribution in [3.05, 3.63) is 90.3 Å². The first kappa shape index (κ1) is 19.6. The van der Waals surface area contributed by atoms with Crippen molar-refractivity contribution >= 4 is 21.4 Å². The summed E-state index contributed by atoms with van der Waals surface area (Å²) in [6.45, 7) is 3.30. The summed E-state index contributed by atoms with van der Waals surface area (Å²) in [6.07, 6.45) is 7.77. The number of nitrogens with zero attached hydrogens (tertiary/aromatic N) is 3. The Kier molecular flexibility index (Phi) is 5.54. The van der Waals surface area contributed by atoms with Crippen LogP contribution in [0.15, 0.2) is 77.7 Å². The summed E-state index contributed by atoms with van der Waals surface area (Å²) in [5.41, 5.74) is 2.13. The maximum Gasteiger partial charge on any atom is 0.236 e. The predicted octanol–water partition coefficient (Wildman–Crippen LogP) is 6.27. The third kappa shape index (κ3) is 4.54. The van der Waals surface area contributed by atoms with Crippen LogP contribution in [-0.2, 0) is 19.6 Å². The van der Waals surface area contributed by atoms with Gasteiger partial charge < -0.3 is 13.7 Å². The van der Waals surface area contributed by atoms with Gasteiger partial charge in [-0.15, -0.1) is 11.3 Å². The predicted molar refractivity (Wildman–Crippen MR) is 123 cm³/mol. The van der Waals surface area contributed by atoms with E-state index in [0.717, 1.165) is 41.5 Å². The summed E-state index contributed by atoms with van der Waals surface area (Å²) in [5.74, 6) is 2.29. The van der Waals surface area contributed by atoms with E-state index < -0.39 is 0 Å². The Morgan fingerprint density at radius 2 is 1.97 bits per heavy atom. The van der Waals surface area contributed by atoms with Gasteiger partial charge in [-0.1, -0.05) is 30.3 Å². The lowest BCUT2D eigenvalue weighted by Gasteiger charge is -2.07. The topological polar surface area (TPSA) is 53.1 Å². The molecule has 5 aromatic rings. The molecule has 0 N–H and O–H groups in total. The Bertz CT molecular complexity index is 1240. The van der Waals surface area contributed by atoms with Crippen molar-refractivity contribution in [2.75, 3.05) is 0 Å². The minimum Gasteiger partial charge on any atom is -0.487 e. The second kappa shape index (κ2) is 8.78.